The lowest BCUT2D eigenvalue weighted by molar-refractivity contribution is 0.00578. The molecule has 2 aliphatic heterocycles. The maximum atomic E-state index is 6.37. The Kier molecular flexibility index (Phi) is 3.56. The van der Waals surface area contributed by atoms with Crippen molar-refractivity contribution < 1.29 is 18.6 Å². The van der Waals surface area contributed by atoms with Gasteiger partial charge < -0.3 is 18.6 Å². The van der Waals surface area contributed by atoms with E-state index in [-0.39, 0.29) is 0 Å². The van der Waals surface area contributed by atoms with Crippen molar-refractivity contribution in [3.05, 3.63) is 12.1 Å². The number of hydrogen-bond acceptors (Lipinski definition) is 4. The molecule has 6 heteroatoms. The molecule has 4 nitrogen and oxygen atoms in total. The molecule has 0 aliphatic carbocycles. The highest BCUT2D eigenvalue weighted by Gasteiger charge is 2.63. The van der Waals surface area contributed by atoms with Gasteiger partial charge in [0.05, 0.1) is 11.2 Å². The quantitative estimate of drug-likeness (QED) is 0.732. The maximum absolute atomic E-state index is 6.37. The lowest BCUT2D eigenvalue weighted by atomic mass is 9.25. The summed E-state index contributed by atoms with van der Waals surface area (Å²) in [6.45, 7) is 22.3. The Bertz CT molecular complexity index is 436. The fourth-order valence-corrected chi connectivity index (χ4v) is 2.80. The molecular formula is C15H29B2O4-. The standard InChI is InChI=1S/C15H29B2O4/c1-11(2)17(20-14(7,8)15(9,10)21-17)16-18-12(3,4)13(5,6)19-16/h1H2,2-10H3/q-1. The van der Waals surface area contributed by atoms with Crippen molar-refractivity contribution in [2.24, 2.45) is 0 Å². The van der Waals surface area contributed by atoms with Crippen molar-refractivity contribution in [3.8, 4) is 0 Å². The fraction of sp³-hybridized carbons (Fsp3) is 0.867. The van der Waals surface area contributed by atoms with Gasteiger partial charge in [0.15, 0.2) is 0 Å². The van der Waals surface area contributed by atoms with Crippen molar-refractivity contribution in [1.29, 1.82) is 0 Å². The van der Waals surface area contributed by atoms with Crippen LogP contribution in [0, 0.1) is 0 Å². The second-order valence-corrected chi connectivity index (χ2v) is 8.50. The second kappa shape index (κ2) is 4.38. The first-order valence-electron chi connectivity index (χ1n) is 7.73. The molecule has 0 unspecified atom stereocenters. The highest BCUT2D eigenvalue weighted by molar-refractivity contribution is 7.26. The third-order valence-corrected chi connectivity index (χ3v) is 5.71. The normalized spacial score (nSPS) is 31.4. The zero-order chi connectivity index (χ0) is 16.5. The molecule has 0 amide bonds. The first-order chi connectivity index (χ1) is 9.17. The highest BCUT2D eigenvalue weighted by Crippen LogP contribution is 2.49. The molecule has 0 spiro atoms. The lowest BCUT2D eigenvalue weighted by Crippen LogP contribution is -2.57. The van der Waals surface area contributed by atoms with Crippen LogP contribution >= 0.6 is 0 Å². The minimum Gasteiger partial charge on any atom is -0.560 e. The third kappa shape index (κ3) is 2.31. The zero-order valence-corrected chi connectivity index (χ0v) is 15.0. The van der Waals surface area contributed by atoms with Crippen molar-refractivity contribution in [1.82, 2.24) is 0 Å². The molecule has 0 atom stereocenters. The predicted octanol–water partition coefficient (Wildman–Crippen LogP) is 3.32. The van der Waals surface area contributed by atoms with E-state index in [1.807, 2.05) is 62.3 Å². The minimum atomic E-state index is -1.89. The van der Waals surface area contributed by atoms with Gasteiger partial charge in [0.2, 0.25) is 0 Å². The molecule has 0 aromatic heterocycles. The Labute approximate surface area is 129 Å². The van der Waals surface area contributed by atoms with Crippen LogP contribution in [0.25, 0.3) is 0 Å². The van der Waals surface area contributed by atoms with Gasteiger partial charge in [-0.2, -0.15) is 5.47 Å². The Morgan fingerprint density at radius 1 is 0.762 bits per heavy atom. The van der Waals surface area contributed by atoms with Crippen molar-refractivity contribution in [3.63, 3.8) is 0 Å². The Balaban J connectivity index is 2.42. The molecule has 2 fully saturated rings. The molecule has 2 aliphatic rings. The SMILES string of the molecule is C=C(C)[B-]1(B2OC(C)(C)C(C)(C)O2)OC(C)(C)C(C)(C)O1. The average molecular weight is 295 g/mol. The van der Waals surface area contributed by atoms with E-state index in [0.29, 0.717) is 0 Å². The molecule has 21 heavy (non-hydrogen) atoms. The van der Waals surface area contributed by atoms with Crippen LogP contribution in [-0.2, 0) is 18.6 Å². The number of allylic oxidation sites excluding steroid dienone is 1. The summed E-state index contributed by atoms with van der Waals surface area (Å²) in [4.78, 5) is 0. The zero-order valence-electron chi connectivity index (χ0n) is 15.0. The van der Waals surface area contributed by atoms with Crippen LogP contribution in [0.15, 0.2) is 12.1 Å². The van der Waals surface area contributed by atoms with Crippen LogP contribution in [0.2, 0.25) is 0 Å². The number of hydrogen-bond donors (Lipinski definition) is 0. The van der Waals surface area contributed by atoms with Gasteiger partial charge in [-0.15, -0.1) is 6.58 Å². The van der Waals surface area contributed by atoms with E-state index in [9.17, 15) is 0 Å². The molecule has 0 bridgehead atoms. The summed E-state index contributed by atoms with van der Waals surface area (Å²) in [5, 5.41) is 0. The Morgan fingerprint density at radius 3 is 1.38 bits per heavy atom. The van der Waals surface area contributed by atoms with Crippen LogP contribution in [0.4, 0.5) is 0 Å². The van der Waals surface area contributed by atoms with Gasteiger partial charge in [0, 0.05) is 11.2 Å². The van der Waals surface area contributed by atoms with Crippen LogP contribution < -0.4 is 0 Å². The molecule has 0 N–H and O–H groups in total. The summed E-state index contributed by atoms with van der Waals surface area (Å²) < 4.78 is 25.1. The molecule has 2 rings (SSSR count). The molecule has 2 saturated heterocycles. The monoisotopic (exact) mass is 295 g/mol. The summed E-state index contributed by atoms with van der Waals surface area (Å²) in [5.74, 6) is 0. The van der Waals surface area contributed by atoms with E-state index in [2.05, 4.69) is 6.58 Å². The van der Waals surface area contributed by atoms with Gasteiger partial charge >= 0.3 is 7.01 Å². The smallest absolute Gasteiger partial charge is 0.333 e. The van der Waals surface area contributed by atoms with Crippen molar-refractivity contribution in [2.75, 3.05) is 0 Å². The van der Waals surface area contributed by atoms with Crippen LogP contribution in [0.3, 0.4) is 0 Å². The van der Waals surface area contributed by atoms with E-state index >= 15 is 0 Å². The van der Waals surface area contributed by atoms with Gasteiger partial charge in [-0.05, 0) is 55.4 Å². The van der Waals surface area contributed by atoms with Gasteiger partial charge in [0.1, 0.15) is 0 Å². The largest absolute Gasteiger partial charge is 0.560 e. The average Bonchev–Trinajstić information content (AvgIpc) is 2.57. The van der Waals surface area contributed by atoms with E-state index < -0.39 is 35.9 Å². The molecule has 0 aromatic rings. The lowest BCUT2D eigenvalue weighted by Gasteiger charge is -2.40. The maximum Gasteiger partial charge on any atom is 0.333 e. The summed E-state index contributed by atoms with van der Waals surface area (Å²) in [6, 6.07) is 0. The van der Waals surface area contributed by atoms with E-state index in [1.54, 1.807) is 0 Å². The van der Waals surface area contributed by atoms with E-state index in [1.165, 1.54) is 0 Å². The summed E-state index contributed by atoms with van der Waals surface area (Å²) in [5.41, 5.74) is -0.936. The fourth-order valence-electron chi connectivity index (χ4n) is 2.80. The van der Waals surface area contributed by atoms with Crippen LogP contribution in [-0.4, -0.2) is 35.9 Å². The Morgan fingerprint density at radius 2 is 1.10 bits per heavy atom. The van der Waals surface area contributed by atoms with E-state index in [0.717, 1.165) is 5.47 Å². The molecule has 0 radical (unpaired) electrons. The Hall–Kier alpha value is -0.290. The molecule has 120 valence electrons. The van der Waals surface area contributed by atoms with Crippen LogP contribution in [0.1, 0.15) is 62.3 Å². The summed E-state index contributed by atoms with van der Waals surface area (Å²) >= 11 is 0. The van der Waals surface area contributed by atoms with Gasteiger partial charge in [-0.25, -0.2) is 0 Å². The third-order valence-electron chi connectivity index (χ3n) is 5.71. The molecular weight excluding hydrogens is 266 g/mol. The topological polar surface area (TPSA) is 36.9 Å². The van der Waals surface area contributed by atoms with Gasteiger partial charge in [-0.3, -0.25) is 0 Å². The molecule has 0 saturated carbocycles. The van der Waals surface area contributed by atoms with Crippen LogP contribution in [0.5, 0.6) is 0 Å². The highest BCUT2D eigenvalue weighted by atomic mass is 16.7. The van der Waals surface area contributed by atoms with Crippen molar-refractivity contribution in [2.45, 2.75) is 84.7 Å². The van der Waals surface area contributed by atoms with E-state index in [4.69, 9.17) is 18.6 Å². The summed E-state index contributed by atoms with van der Waals surface area (Å²) in [6.07, 6.45) is -1.89. The van der Waals surface area contributed by atoms with Gasteiger partial charge in [0.25, 0.3) is 6.44 Å². The second-order valence-electron chi connectivity index (χ2n) is 8.50. The minimum absolute atomic E-state index is 0.425. The first-order valence-corrected chi connectivity index (χ1v) is 7.73. The number of rotatable bonds is 2. The van der Waals surface area contributed by atoms with Crippen molar-refractivity contribution >= 4 is 13.5 Å². The predicted molar refractivity (Wildman–Crippen MR) is 87.0 cm³/mol. The summed E-state index contributed by atoms with van der Waals surface area (Å²) in [7, 11) is -0.575. The molecule has 0 aromatic carbocycles. The molecule has 2 heterocycles. The van der Waals surface area contributed by atoms with Gasteiger partial charge in [-0.1, -0.05) is 6.92 Å². The first kappa shape index (κ1) is 17.1.